The van der Waals surface area contributed by atoms with Crippen molar-refractivity contribution >= 4 is 12.0 Å². The summed E-state index contributed by atoms with van der Waals surface area (Å²) in [5, 5.41) is 18.8. The normalized spacial score (nSPS) is 21.3. The van der Waals surface area contributed by atoms with Gasteiger partial charge in [-0.3, -0.25) is 4.98 Å². The monoisotopic (exact) mass is 293 g/mol. The first-order valence-electron chi connectivity index (χ1n) is 6.88. The predicted molar refractivity (Wildman–Crippen MR) is 74.5 cm³/mol. The summed E-state index contributed by atoms with van der Waals surface area (Å²) in [6.45, 7) is 2.74. The largest absolute Gasteiger partial charge is 0.480 e. The van der Waals surface area contributed by atoms with Crippen LogP contribution in [0.2, 0.25) is 0 Å². The van der Waals surface area contributed by atoms with Gasteiger partial charge in [-0.15, -0.1) is 0 Å². The molecule has 1 aliphatic rings. The molecule has 1 unspecified atom stereocenters. The average Bonchev–Trinajstić information content (AvgIpc) is 2.87. The van der Waals surface area contributed by atoms with Gasteiger partial charge in [-0.05, 0) is 24.6 Å². The van der Waals surface area contributed by atoms with Crippen LogP contribution in [0.3, 0.4) is 0 Å². The molecule has 2 heterocycles. The third-order valence-corrected chi connectivity index (χ3v) is 3.58. The molecule has 21 heavy (non-hydrogen) atoms. The Bertz CT molecular complexity index is 508. The Hall–Kier alpha value is -2.15. The molecule has 1 saturated heterocycles. The molecule has 0 aliphatic carbocycles. The molecule has 1 aromatic rings. The van der Waals surface area contributed by atoms with Crippen LogP contribution >= 0.6 is 0 Å². The molecule has 0 saturated carbocycles. The van der Waals surface area contributed by atoms with Crippen molar-refractivity contribution in [3.63, 3.8) is 0 Å². The number of amides is 2. The quantitative estimate of drug-likeness (QED) is 0.845. The molecule has 0 spiro atoms. The van der Waals surface area contributed by atoms with E-state index >= 15 is 0 Å². The van der Waals surface area contributed by atoms with Gasteiger partial charge in [0.05, 0.1) is 6.10 Å². The Labute approximate surface area is 122 Å². The number of aliphatic hydroxyl groups is 1. The zero-order valence-electron chi connectivity index (χ0n) is 11.8. The van der Waals surface area contributed by atoms with Crippen LogP contribution in [0.1, 0.15) is 18.9 Å². The molecule has 2 amide bonds. The molecular formula is C14H19N3O4. The summed E-state index contributed by atoms with van der Waals surface area (Å²) in [7, 11) is 0. The third-order valence-electron chi connectivity index (χ3n) is 3.58. The van der Waals surface area contributed by atoms with E-state index in [0.29, 0.717) is 13.1 Å². The number of carbonyl (C=O) groups excluding carboxylic acids is 1. The van der Waals surface area contributed by atoms with Crippen molar-refractivity contribution in [2.45, 2.75) is 32.0 Å². The number of aliphatic carboxylic acids is 1. The highest BCUT2D eigenvalue weighted by atomic mass is 16.4. The van der Waals surface area contributed by atoms with Crippen LogP contribution in [-0.4, -0.2) is 62.2 Å². The number of β-amino-alcohol motifs (C(OH)–C–C–N with tert-alkyl or cyclic N) is 1. The predicted octanol–water partition coefficient (Wildman–Crippen LogP) is 0.543. The molecule has 2 N–H and O–H groups in total. The van der Waals surface area contributed by atoms with Crippen molar-refractivity contribution < 1.29 is 19.8 Å². The lowest BCUT2D eigenvalue weighted by Crippen LogP contribution is -2.47. The van der Waals surface area contributed by atoms with Crippen LogP contribution in [-0.2, 0) is 11.3 Å². The zero-order chi connectivity index (χ0) is 15.4. The maximum absolute atomic E-state index is 12.5. The van der Waals surface area contributed by atoms with Gasteiger partial charge in [0.2, 0.25) is 0 Å². The van der Waals surface area contributed by atoms with Gasteiger partial charge in [0.1, 0.15) is 6.04 Å². The number of aromatic nitrogens is 1. The smallest absolute Gasteiger partial charge is 0.326 e. The summed E-state index contributed by atoms with van der Waals surface area (Å²) in [5.74, 6) is -1.08. The van der Waals surface area contributed by atoms with E-state index in [9.17, 15) is 14.7 Å². The zero-order valence-corrected chi connectivity index (χ0v) is 11.8. The van der Waals surface area contributed by atoms with Crippen molar-refractivity contribution in [2.24, 2.45) is 0 Å². The van der Waals surface area contributed by atoms with E-state index in [0.717, 1.165) is 5.56 Å². The van der Waals surface area contributed by atoms with Gasteiger partial charge in [-0.25, -0.2) is 9.59 Å². The topological polar surface area (TPSA) is 94.0 Å². The average molecular weight is 293 g/mol. The first-order valence-corrected chi connectivity index (χ1v) is 6.88. The van der Waals surface area contributed by atoms with Crippen molar-refractivity contribution in [1.82, 2.24) is 14.8 Å². The molecular weight excluding hydrogens is 274 g/mol. The molecule has 0 radical (unpaired) electrons. The maximum Gasteiger partial charge on any atom is 0.326 e. The number of carboxylic acid groups (broad SMARTS) is 1. The number of hydrogen-bond donors (Lipinski definition) is 2. The van der Waals surface area contributed by atoms with E-state index in [1.165, 1.54) is 4.90 Å². The summed E-state index contributed by atoms with van der Waals surface area (Å²) < 4.78 is 0. The van der Waals surface area contributed by atoms with Gasteiger partial charge in [-0.2, -0.15) is 0 Å². The second kappa shape index (κ2) is 6.53. The van der Waals surface area contributed by atoms with Crippen LogP contribution in [0.25, 0.3) is 0 Å². The van der Waals surface area contributed by atoms with E-state index in [1.807, 2.05) is 19.1 Å². The van der Waals surface area contributed by atoms with E-state index in [4.69, 9.17) is 5.11 Å². The first kappa shape index (κ1) is 15.2. The van der Waals surface area contributed by atoms with E-state index in [-0.39, 0.29) is 19.0 Å². The van der Waals surface area contributed by atoms with Crippen LogP contribution in [0.15, 0.2) is 24.5 Å². The van der Waals surface area contributed by atoms with Gasteiger partial charge in [0.25, 0.3) is 0 Å². The minimum Gasteiger partial charge on any atom is -0.480 e. The number of urea groups is 1. The van der Waals surface area contributed by atoms with Crippen molar-refractivity contribution in [3.05, 3.63) is 30.1 Å². The Morgan fingerprint density at radius 1 is 1.43 bits per heavy atom. The number of aliphatic hydroxyl groups excluding tert-OH is 1. The standard InChI is InChI=1S/C14H19N3O4/c1-2-16(8-10-3-5-15-6-4-10)14(21)17-9-11(18)7-12(17)13(19)20/h3-6,11-12,18H,2,7-9H2,1H3,(H,19,20)/t11?,12-/m0/s1. The summed E-state index contributed by atoms with van der Waals surface area (Å²) in [5.41, 5.74) is 0.923. The summed E-state index contributed by atoms with van der Waals surface area (Å²) >= 11 is 0. The second-order valence-electron chi connectivity index (χ2n) is 5.05. The Morgan fingerprint density at radius 2 is 2.10 bits per heavy atom. The van der Waals surface area contributed by atoms with Crippen molar-refractivity contribution in [3.8, 4) is 0 Å². The Kier molecular flexibility index (Phi) is 4.74. The van der Waals surface area contributed by atoms with Crippen LogP contribution < -0.4 is 0 Å². The lowest BCUT2D eigenvalue weighted by atomic mass is 10.2. The Balaban J connectivity index is 2.10. The molecule has 0 bridgehead atoms. The summed E-state index contributed by atoms with van der Waals surface area (Å²) in [4.78, 5) is 30.4. The number of carboxylic acids is 1. The molecule has 0 aromatic carbocycles. The molecule has 114 valence electrons. The molecule has 1 fully saturated rings. The second-order valence-corrected chi connectivity index (χ2v) is 5.05. The van der Waals surface area contributed by atoms with Gasteiger partial charge in [-0.1, -0.05) is 0 Å². The Morgan fingerprint density at radius 3 is 2.67 bits per heavy atom. The van der Waals surface area contributed by atoms with E-state index in [1.54, 1.807) is 17.3 Å². The van der Waals surface area contributed by atoms with Gasteiger partial charge < -0.3 is 20.0 Å². The van der Waals surface area contributed by atoms with Crippen LogP contribution in [0.5, 0.6) is 0 Å². The van der Waals surface area contributed by atoms with Crippen molar-refractivity contribution in [2.75, 3.05) is 13.1 Å². The van der Waals surface area contributed by atoms with Crippen LogP contribution in [0, 0.1) is 0 Å². The van der Waals surface area contributed by atoms with E-state index in [2.05, 4.69) is 4.98 Å². The highest BCUT2D eigenvalue weighted by molar-refractivity contribution is 5.83. The van der Waals surface area contributed by atoms with Gasteiger partial charge in [0.15, 0.2) is 0 Å². The fraction of sp³-hybridized carbons (Fsp3) is 0.500. The number of likely N-dealkylation sites (tertiary alicyclic amines) is 1. The molecule has 7 heteroatoms. The lowest BCUT2D eigenvalue weighted by Gasteiger charge is -2.29. The number of nitrogens with zero attached hydrogens (tertiary/aromatic N) is 3. The summed E-state index contributed by atoms with van der Waals surface area (Å²) in [6.07, 6.45) is 2.59. The fourth-order valence-corrected chi connectivity index (χ4v) is 2.46. The number of carbonyl (C=O) groups is 2. The van der Waals surface area contributed by atoms with Crippen LogP contribution in [0.4, 0.5) is 4.79 Å². The van der Waals surface area contributed by atoms with Gasteiger partial charge >= 0.3 is 12.0 Å². The number of hydrogen-bond acceptors (Lipinski definition) is 4. The third kappa shape index (κ3) is 3.49. The van der Waals surface area contributed by atoms with E-state index < -0.39 is 18.1 Å². The first-order chi connectivity index (χ1) is 10.0. The lowest BCUT2D eigenvalue weighted by molar-refractivity contribution is -0.141. The minimum absolute atomic E-state index is 0.0582. The maximum atomic E-state index is 12.5. The molecule has 7 nitrogen and oxygen atoms in total. The fourth-order valence-electron chi connectivity index (χ4n) is 2.46. The van der Waals surface area contributed by atoms with Crippen molar-refractivity contribution in [1.29, 1.82) is 0 Å². The summed E-state index contributed by atoms with van der Waals surface area (Å²) in [6, 6.07) is 2.30. The highest BCUT2D eigenvalue weighted by Gasteiger charge is 2.40. The molecule has 1 aliphatic heterocycles. The molecule has 2 rings (SSSR count). The number of rotatable bonds is 4. The molecule has 2 atom stereocenters. The minimum atomic E-state index is -1.08. The highest BCUT2D eigenvalue weighted by Crippen LogP contribution is 2.20. The molecule has 1 aromatic heterocycles. The van der Waals surface area contributed by atoms with Gasteiger partial charge in [0, 0.05) is 38.4 Å². The SMILES string of the molecule is CCN(Cc1ccncc1)C(=O)N1CC(O)C[C@H]1C(=O)O. The number of pyridine rings is 1.